The minimum atomic E-state index is 0.577. The first-order valence-electron chi connectivity index (χ1n) is 8.61. The first-order chi connectivity index (χ1) is 11.3. The zero-order chi connectivity index (χ0) is 15.6. The molecule has 0 atom stereocenters. The van der Waals surface area contributed by atoms with Crippen molar-refractivity contribution in [2.24, 2.45) is 0 Å². The fraction of sp³-hybridized carbons (Fsp3) is 0.350. The molecule has 1 aliphatic carbocycles. The summed E-state index contributed by atoms with van der Waals surface area (Å²) in [4.78, 5) is 7.83. The predicted molar refractivity (Wildman–Crippen MR) is 96.8 cm³/mol. The van der Waals surface area contributed by atoms with E-state index in [-0.39, 0.29) is 0 Å². The van der Waals surface area contributed by atoms with Gasteiger partial charge in [0.05, 0.1) is 5.69 Å². The number of aromatic nitrogens is 2. The van der Waals surface area contributed by atoms with Gasteiger partial charge in [-0.2, -0.15) is 0 Å². The van der Waals surface area contributed by atoms with Gasteiger partial charge >= 0.3 is 0 Å². The molecule has 0 unspecified atom stereocenters. The first kappa shape index (κ1) is 14.3. The average molecular weight is 305 g/mol. The lowest BCUT2D eigenvalue weighted by Crippen LogP contribution is -2.22. The van der Waals surface area contributed by atoms with Crippen LogP contribution in [0.2, 0.25) is 0 Å². The number of H-pyrrole nitrogens is 1. The third-order valence-electron chi connectivity index (χ3n) is 4.90. The van der Waals surface area contributed by atoms with Gasteiger partial charge in [-0.05, 0) is 31.4 Å². The van der Waals surface area contributed by atoms with Crippen LogP contribution in [0.25, 0.3) is 22.2 Å². The lowest BCUT2D eigenvalue weighted by Gasteiger charge is -2.25. The first-order valence-corrected chi connectivity index (χ1v) is 8.61. The van der Waals surface area contributed by atoms with E-state index in [0.29, 0.717) is 6.04 Å². The molecular formula is C20H23N3. The third-order valence-corrected chi connectivity index (χ3v) is 4.90. The number of anilines is 1. The van der Waals surface area contributed by atoms with Gasteiger partial charge in [0, 0.05) is 29.4 Å². The minimum Gasteiger partial charge on any atom is -0.381 e. The summed E-state index contributed by atoms with van der Waals surface area (Å²) in [6, 6.07) is 11.4. The highest BCUT2D eigenvalue weighted by molar-refractivity contribution is 5.98. The van der Waals surface area contributed by atoms with Crippen LogP contribution in [-0.2, 0) is 0 Å². The van der Waals surface area contributed by atoms with Crippen molar-refractivity contribution in [1.29, 1.82) is 0 Å². The summed E-state index contributed by atoms with van der Waals surface area (Å²) in [6.07, 6.45) is 10.5. The van der Waals surface area contributed by atoms with Gasteiger partial charge in [0.1, 0.15) is 5.65 Å². The second-order valence-electron chi connectivity index (χ2n) is 6.63. The lowest BCUT2D eigenvalue weighted by molar-refractivity contribution is 0.463. The SMILES string of the molecule is Cc1ccc(-c2cnc3[nH]ccc3c2NC2CCCCC2)cc1. The number of hydrogen-bond donors (Lipinski definition) is 2. The molecule has 1 aromatic carbocycles. The number of nitrogens with zero attached hydrogens (tertiary/aromatic N) is 1. The van der Waals surface area contributed by atoms with E-state index in [1.165, 1.54) is 59.9 Å². The van der Waals surface area contributed by atoms with Crippen molar-refractivity contribution in [3.63, 3.8) is 0 Å². The molecule has 0 spiro atoms. The van der Waals surface area contributed by atoms with Gasteiger partial charge in [0.15, 0.2) is 0 Å². The van der Waals surface area contributed by atoms with Gasteiger partial charge in [0.2, 0.25) is 0 Å². The summed E-state index contributed by atoms with van der Waals surface area (Å²) >= 11 is 0. The third kappa shape index (κ3) is 2.83. The van der Waals surface area contributed by atoms with E-state index in [1.807, 2.05) is 12.4 Å². The van der Waals surface area contributed by atoms with Gasteiger partial charge < -0.3 is 10.3 Å². The fourth-order valence-electron chi connectivity index (χ4n) is 3.57. The van der Waals surface area contributed by atoms with Crippen LogP contribution in [0.5, 0.6) is 0 Å². The Kier molecular flexibility index (Phi) is 3.78. The molecule has 3 heteroatoms. The van der Waals surface area contributed by atoms with E-state index in [2.05, 4.69) is 52.5 Å². The van der Waals surface area contributed by atoms with Crippen molar-refractivity contribution in [1.82, 2.24) is 9.97 Å². The smallest absolute Gasteiger partial charge is 0.139 e. The molecule has 2 N–H and O–H groups in total. The molecule has 1 saturated carbocycles. The lowest BCUT2D eigenvalue weighted by atomic mass is 9.94. The Labute approximate surface area is 137 Å². The number of hydrogen-bond acceptors (Lipinski definition) is 2. The largest absolute Gasteiger partial charge is 0.381 e. The van der Waals surface area contributed by atoms with Crippen LogP contribution in [0, 0.1) is 6.92 Å². The molecule has 4 rings (SSSR count). The summed E-state index contributed by atoms with van der Waals surface area (Å²) in [5, 5.41) is 5.02. The van der Waals surface area contributed by atoms with Crippen molar-refractivity contribution in [2.45, 2.75) is 45.1 Å². The number of rotatable bonds is 3. The molecular weight excluding hydrogens is 282 g/mol. The summed E-state index contributed by atoms with van der Waals surface area (Å²) < 4.78 is 0. The number of nitrogens with one attached hydrogen (secondary N) is 2. The topological polar surface area (TPSA) is 40.7 Å². The quantitative estimate of drug-likeness (QED) is 0.691. The molecule has 0 aliphatic heterocycles. The van der Waals surface area contributed by atoms with Crippen LogP contribution in [0.3, 0.4) is 0 Å². The highest BCUT2D eigenvalue weighted by Gasteiger charge is 2.18. The Morgan fingerprint density at radius 3 is 2.61 bits per heavy atom. The van der Waals surface area contributed by atoms with E-state index in [0.717, 1.165) is 5.65 Å². The molecule has 2 aromatic heterocycles. The molecule has 1 aliphatic rings. The number of aryl methyl sites for hydroxylation is 1. The molecule has 3 nitrogen and oxygen atoms in total. The zero-order valence-electron chi connectivity index (χ0n) is 13.6. The van der Waals surface area contributed by atoms with Crippen molar-refractivity contribution in [2.75, 3.05) is 5.32 Å². The Balaban J connectivity index is 1.79. The van der Waals surface area contributed by atoms with Crippen molar-refractivity contribution >= 4 is 16.7 Å². The van der Waals surface area contributed by atoms with Crippen LogP contribution in [0.1, 0.15) is 37.7 Å². The van der Waals surface area contributed by atoms with Crippen molar-refractivity contribution in [3.05, 3.63) is 48.3 Å². The van der Waals surface area contributed by atoms with E-state index in [1.54, 1.807) is 0 Å². The van der Waals surface area contributed by atoms with Crippen LogP contribution in [0.15, 0.2) is 42.7 Å². The number of aromatic amines is 1. The maximum Gasteiger partial charge on any atom is 0.139 e. The molecule has 118 valence electrons. The summed E-state index contributed by atoms with van der Waals surface area (Å²) in [7, 11) is 0. The van der Waals surface area contributed by atoms with Gasteiger partial charge in [0.25, 0.3) is 0 Å². The molecule has 0 bridgehead atoms. The summed E-state index contributed by atoms with van der Waals surface area (Å²) in [6.45, 7) is 2.12. The van der Waals surface area contributed by atoms with Crippen LogP contribution in [-0.4, -0.2) is 16.0 Å². The maximum atomic E-state index is 4.60. The van der Waals surface area contributed by atoms with E-state index in [9.17, 15) is 0 Å². The standard InChI is InChI=1S/C20H23N3/c1-14-7-9-15(10-8-14)18-13-22-20-17(11-12-21-20)19(18)23-16-5-3-2-4-6-16/h7-13,16H,2-6H2,1H3,(H2,21,22,23). The van der Waals surface area contributed by atoms with Gasteiger partial charge in [-0.1, -0.05) is 49.1 Å². The molecule has 0 radical (unpaired) electrons. The Morgan fingerprint density at radius 1 is 1.04 bits per heavy atom. The fourth-order valence-corrected chi connectivity index (χ4v) is 3.57. The number of benzene rings is 1. The number of pyridine rings is 1. The second kappa shape index (κ2) is 6.07. The van der Waals surface area contributed by atoms with Crippen molar-refractivity contribution in [3.8, 4) is 11.1 Å². The molecule has 1 fully saturated rings. The Morgan fingerprint density at radius 2 is 1.83 bits per heavy atom. The molecule has 23 heavy (non-hydrogen) atoms. The Bertz CT molecular complexity index is 795. The van der Waals surface area contributed by atoms with Crippen LogP contribution < -0.4 is 5.32 Å². The molecule has 0 amide bonds. The van der Waals surface area contributed by atoms with E-state index in [4.69, 9.17) is 0 Å². The summed E-state index contributed by atoms with van der Waals surface area (Å²) in [5.41, 5.74) is 5.89. The monoisotopic (exact) mass is 305 g/mol. The molecule has 0 saturated heterocycles. The van der Waals surface area contributed by atoms with Gasteiger partial charge in [-0.3, -0.25) is 0 Å². The van der Waals surface area contributed by atoms with Gasteiger partial charge in [-0.25, -0.2) is 4.98 Å². The van der Waals surface area contributed by atoms with Crippen LogP contribution in [0.4, 0.5) is 5.69 Å². The highest BCUT2D eigenvalue weighted by atomic mass is 14.9. The molecule has 3 aromatic rings. The average Bonchev–Trinajstić information content (AvgIpc) is 3.06. The predicted octanol–water partition coefficient (Wildman–Crippen LogP) is 5.28. The number of fused-ring (bicyclic) bond motifs is 1. The second-order valence-corrected chi connectivity index (χ2v) is 6.63. The van der Waals surface area contributed by atoms with E-state index < -0.39 is 0 Å². The maximum absolute atomic E-state index is 4.60. The Hall–Kier alpha value is -2.29. The highest BCUT2D eigenvalue weighted by Crippen LogP contribution is 2.35. The molecule has 2 heterocycles. The van der Waals surface area contributed by atoms with E-state index >= 15 is 0 Å². The normalized spacial score (nSPS) is 15.9. The van der Waals surface area contributed by atoms with Gasteiger partial charge in [-0.15, -0.1) is 0 Å². The minimum absolute atomic E-state index is 0.577. The summed E-state index contributed by atoms with van der Waals surface area (Å²) in [5.74, 6) is 0. The van der Waals surface area contributed by atoms with Crippen LogP contribution >= 0.6 is 0 Å². The zero-order valence-corrected chi connectivity index (χ0v) is 13.6. The van der Waals surface area contributed by atoms with Crippen molar-refractivity contribution < 1.29 is 0 Å².